The molecule has 0 N–H and O–H groups in total. The lowest BCUT2D eigenvalue weighted by atomic mass is 10.3. The molecule has 3 nitrogen and oxygen atoms in total. The van der Waals surface area contributed by atoms with Gasteiger partial charge in [-0.05, 0) is 6.54 Å². The van der Waals surface area contributed by atoms with E-state index >= 15 is 0 Å². The summed E-state index contributed by atoms with van der Waals surface area (Å²) in [6.45, 7) is 5.55. The maximum absolute atomic E-state index is 10.4. The third-order valence-electron chi connectivity index (χ3n) is 1.86. The van der Waals surface area contributed by atoms with E-state index in [1.165, 1.54) is 0 Å². The molecule has 1 saturated heterocycles. The molecule has 10 heavy (non-hydrogen) atoms. The van der Waals surface area contributed by atoms with Gasteiger partial charge in [0.25, 0.3) is 0 Å². The highest BCUT2D eigenvalue weighted by atomic mass is 16.5. The van der Waals surface area contributed by atoms with Gasteiger partial charge in [-0.2, -0.15) is 0 Å². The molecule has 0 spiro atoms. The minimum Gasteiger partial charge on any atom is -0.373 e. The van der Waals surface area contributed by atoms with Crippen LogP contribution < -0.4 is 0 Å². The Labute approximate surface area is 61.6 Å². The molecule has 0 bridgehead atoms. The number of likely N-dealkylation sites (N-methyl/N-ethyl adjacent to an activating group) is 1. The van der Waals surface area contributed by atoms with E-state index in [1.54, 1.807) is 0 Å². The fraction of sp³-hybridized carbons (Fsp3) is 1.00. The first-order valence-corrected chi connectivity index (χ1v) is 3.79. The van der Waals surface area contributed by atoms with Crippen molar-refractivity contribution in [2.45, 2.75) is 13.0 Å². The van der Waals surface area contributed by atoms with Crippen LogP contribution in [0.2, 0.25) is 0 Å². The molecule has 1 atom stereocenters. The van der Waals surface area contributed by atoms with Crippen molar-refractivity contribution >= 4 is 0 Å². The van der Waals surface area contributed by atoms with Gasteiger partial charge in [0.2, 0.25) is 0 Å². The second-order valence-corrected chi connectivity index (χ2v) is 2.55. The summed E-state index contributed by atoms with van der Waals surface area (Å²) in [5.41, 5.74) is 0. The molecule has 1 radical (unpaired) electrons. The Balaban J connectivity index is 2.25. The molecule has 0 aliphatic carbocycles. The third-order valence-corrected chi connectivity index (χ3v) is 1.86. The van der Waals surface area contributed by atoms with Gasteiger partial charge in [-0.3, -0.25) is 4.90 Å². The summed E-state index contributed by atoms with van der Waals surface area (Å²) in [4.78, 5) is 2.24. The molecule has 0 aromatic carbocycles. The molecule has 3 heteroatoms. The Morgan fingerprint density at radius 1 is 1.70 bits per heavy atom. The van der Waals surface area contributed by atoms with E-state index in [2.05, 4.69) is 11.8 Å². The van der Waals surface area contributed by atoms with Gasteiger partial charge in [0.15, 0.2) is 0 Å². The predicted molar refractivity (Wildman–Crippen MR) is 37.4 cm³/mol. The second kappa shape index (κ2) is 3.91. The predicted octanol–water partition coefficient (Wildman–Crippen LogP) is 0.138. The lowest BCUT2D eigenvalue weighted by Crippen LogP contribution is -2.43. The van der Waals surface area contributed by atoms with E-state index in [-0.39, 0.29) is 12.7 Å². The number of rotatable bonds is 2. The molecule has 0 saturated carbocycles. The highest BCUT2D eigenvalue weighted by molar-refractivity contribution is 4.68. The Bertz CT molecular complexity index is 87.6. The molecule has 1 fully saturated rings. The molecule has 1 aliphatic heterocycles. The van der Waals surface area contributed by atoms with E-state index in [0.717, 1.165) is 26.2 Å². The molecule has 1 rings (SSSR count). The Morgan fingerprint density at radius 3 is 3.10 bits per heavy atom. The van der Waals surface area contributed by atoms with Crippen LogP contribution in [0.4, 0.5) is 0 Å². The largest absolute Gasteiger partial charge is 0.373 e. The molecule has 0 amide bonds. The number of hydrogen-bond acceptors (Lipinski definition) is 2. The first kappa shape index (κ1) is 7.98. The summed E-state index contributed by atoms with van der Waals surface area (Å²) >= 11 is 0. The van der Waals surface area contributed by atoms with Crippen molar-refractivity contribution in [1.82, 2.24) is 4.90 Å². The number of ether oxygens (including phenoxy) is 1. The molecule has 0 aromatic rings. The quantitative estimate of drug-likeness (QED) is 0.552. The van der Waals surface area contributed by atoms with Crippen LogP contribution in [0, 0.1) is 0 Å². The van der Waals surface area contributed by atoms with Gasteiger partial charge in [-0.25, -0.2) is 5.11 Å². The highest BCUT2D eigenvalue weighted by Gasteiger charge is 2.17. The molecule has 1 heterocycles. The molecule has 1 aliphatic rings. The van der Waals surface area contributed by atoms with Gasteiger partial charge >= 0.3 is 0 Å². The number of hydrogen-bond donors (Lipinski definition) is 0. The number of nitrogens with zero attached hydrogens (tertiary/aromatic N) is 1. The maximum Gasteiger partial charge on any atom is 0.110 e. The van der Waals surface area contributed by atoms with Crippen LogP contribution in [0.1, 0.15) is 6.92 Å². The summed E-state index contributed by atoms with van der Waals surface area (Å²) in [5, 5.41) is 10.4. The minimum atomic E-state index is -0.101. The first-order valence-electron chi connectivity index (χ1n) is 3.79. The monoisotopic (exact) mass is 144 g/mol. The van der Waals surface area contributed by atoms with Crippen LogP contribution in [0.5, 0.6) is 0 Å². The zero-order chi connectivity index (χ0) is 7.40. The van der Waals surface area contributed by atoms with Gasteiger partial charge in [0, 0.05) is 13.1 Å². The summed E-state index contributed by atoms with van der Waals surface area (Å²) in [6.07, 6.45) is -0.0614. The molecule has 59 valence electrons. The van der Waals surface area contributed by atoms with Crippen LogP contribution in [-0.2, 0) is 9.84 Å². The molecular weight excluding hydrogens is 130 g/mol. The molecule has 1 unspecified atom stereocenters. The van der Waals surface area contributed by atoms with Crippen LogP contribution in [-0.4, -0.2) is 43.9 Å². The van der Waals surface area contributed by atoms with Crippen molar-refractivity contribution in [1.29, 1.82) is 0 Å². The van der Waals surface area contributed by atoms with Crippen LogP contribution in [0.3, 0.4) is 0 Å². The van der Waals surface area contributed by atoms with Crippen molar-refractivity contribution in [3.8, 4) is 0 Å². The van der Waals surface area contributed by atoms with E-state index in [0.29, 0.717) is 0 Å². The normalized spacial score (nSPS) is 28.8. The van der Waals surface area contributed by atoms with E-state index in [4.69, 9.17) is 4.74 Å². The maximum atomic E-state index is 10.4. The van der Waals surface area contributed by atoms with Gasteiger partial charge in [0.05, 0.1) is 12.7 Å². The summed E-state index contributed by atoms with van der Waals surface area (Å²) in [5.74, 6) is 0. The summed E-state index contributed by atoms with van der Waals surface area (Å²) in [7, 11) is 0. The molecule has 0 aromatic heterocycles. The minimum absolute atomic E-state index is 0.0614. The SMILES string of the molecule is CCN1CCOC(C[O])C1. The van der Waals surface area contributed by atoms with Crippen molar-refractivity contribution in [2.24, 2.45) is 0 Å². The van der Waals surface area contributed by atoms with Crippen LogP contribution in [0.15, 0.2) is 0 Å². The number of morpholine rings is 1. The van der Waals surface area contributed by atoms with E-state index in [9.17, 15) is 5.11 Å². The molecular formula is C7H14NO2. The van der Waals surface area contributed by atoms with Crippen molar-refractivity contribution in [2.75, 3.05) is 32.8 Å². The Hall–Kier alpha value is -0.120. The van der Waals surface area contributed by atoms with E-state index in [1.807, 2.05) is 0 Å². The average Bonchev–Trinajstić information content (AvgIpc) is 2.05. The van der Waals surface area contributed by atoms with Crippen molar-refractivity contribution < 1.29 is 9.84 Å². The van der Waals surface area contributed by atoms with Gasteiger partial charge < -0.3 is 4.74 Å². The third kappa shape index (κ3) is 1.94. The van der Waals surface area contributed by atoms with Crippen molar-refractivity contribution in [3.05, 3.63) is 0 Å². The van der Waals surface area contributed by atoms with Crippen molar-refractivity contribution in [3.63, 3.8) is 0 Å². The highest BCUT2D eigenvalue weighted by Crippen LogP contribution is 2.03. The smallest absolute Gasteiger partial charge is 0.110 e. The van der Waals surface area contributed by atoms with Gasteiger partial charge in [-0.15, -0.1) is 0 Å². The van der Waals surface area contributed by atoms with Crippen LogP contribution in [0.25, 0.3) is 0 Å². The Kier molecular flexibility index (Phi) is 3.12. The topological polar surface area (TPSA) is 32.4 Å². The Morgan fingerprint density at radius 2 is 2.50 bits per heavy atom. The zero-order valence-corrected chi connectivity index (χ0v) is 6.38. The van der Waals surface area contributed by atoms with Gasteiger partial charge in [0.1, 0.15) is 6.61 Å². The van der Waals surface area contributed by atoms with Crippen LogP contribution >= 0.6 is 0 Å². The second-order valence-electron chi connectivity index (χ2n) is 2.55. The summed E-state index contributed by atoms with van der Waals surface area (Å²) in [6, 6.07) is 0. The zero-order valence-electron chi connectivity index (χ0n) is 6.38. The lowest BCUT2D eigenvalue weighted by molar-refractivity contribution is -0.0646. The fourth-order valence-electron chi connectivity index (χ4n) is 1.17. The first-order chi connectivity index (χ1) is 4.86. The fourth-order valence-corrected chi connectivity index (χ4v) is 1.17. The summed E-state index contributed by atoms with van der Waals surface area (Å²) < 4.78 is 5.20. The van der Waals surface area contributed by atoms with Gasteiger partial charge in [-0.1, -0.05) is 6.92 Å². The average molecular weight is 144 g/mol. The van der Waals surface area contributed by atoms with E-state index < -0.39 is 0 Å². The standard InChI is InChI=1S/C7H14NO2/c1-2-8-3-4-10-7(5-8)6-9/h7H,2-6H2,1H3. The lowest BCUT2D eigenvalue weighted by Gasteiger charge is -2.30.